The number of likely N-dealkylation sites (tertiary alicyclic amines) is 2. The Morgan fingerprint density at radius 1 is 0.980 bits per heavy atom. The molecule has 2 saturated heterocycles. The van der Waals surface area contributed by atoms with Crippen molar-refractivity contribution in [1.82, 2.24) is 19.8 Å². The van der Waals surface area contributed by atoms with Crippen LogP contribution in [0.3, 0.4) is 0 Å². The van der Waals surface area contributed by atoms with Crippen molar-refractivity contribution >= 4 is 11.8 Å². The zero-order chi connectivity index (χ0) is 35.4. The van der Waals surface area contributed by atoms with Gasteiger partial charge in [-0.05, 0) is 49.2 Å². The van der Waals surface area contributed by atoms with Crippen LogP contribution in [0.4, 0.5) is 26.3 Å². The maximum absolute atomic E-state index is 14.7. The fraction of sp³-hybridized carbons (Fsp3) is 0.471. The molecule has 0 bridgehead atoms. The lowest BCUT2D eigenvalue weighted by Gasteiger charge is -2.50. The highest BCUT2D eigenvalue weighted by molar-refractivity contribution is 5.97. The summed E-state index contributed by atoms with van der Waals surface area (Å²) < 4.78 is 94.5. The average Bonchev–Trinajstić information content (AvgIpc) is 3.08. The molecule has 0 spiro atoms. The minimum Gasteiger partial charge on any atom is -0.475 e. The SMILES string of the molecule is CCC[C@H]1N(C(=O)c2cnccc2C(F)(F)F)CCC[C@@]1(Oc1ccc(C(F)(F)F)cc1)C(=O)N1CCC(Oc2cccc(CN)n2)CC1. The van der Waals surface area contributed by atoms with Crippen molar-refractivity contribution in [3.63, 3.8) is 0 Å². The van der Waals surface area contributed by atoms with Crippen molar-refractivity contribution < 1.29 is 45.4 Å². The summed E-state index contributed by atoms with van der Waals surface area (Å²) in [6, 6.07) is 8.79. The zero-order valence-electron chi connectivity index (χ0n) is 26.8. The summed E-state index contributed by atoms with van der Waals surface area (Å²) in [5.74, 6) is -1.12. The van der Waals surface area contributed by atoms with E-state index in [9.17, 15) is 35.9 Å². The van der Waals surface area contributed by atoms with Crippen molar-refractivity contribution in [2.75, 3.05) is 19.6 Å². The lowest BCUT2D eigenvalue weighted by molar-refractivity contribution is -0.161. The second-order valence-electron chi connectivity index (χ2n) is 12.1. The van der Waals surface area contributed by atoms with Crippen LogP contribution in [0, 0.1) is 0 Å². The Bertz CT molecular complexity index is 1610. The molecule has 2 atom stereocenters. The monoisotopic (exact) mass is 693 g/mol. The molecule has 1 aromatic carbocycles. The van der Waals surface area contributed by atoms with Crippen LogP contribution in [-0.4, -0.2) is 69.0 Å². The number of piperidine rings is 2. The predicted octanol–water partition coefficient (Wildman–Crippen LogP) is 6.27. The highest BCUT2D eigenvalue weighted by Gasteiger charge is 2.56. The molecule has 0 unspecified atom stereocenters. The Balaban J connectivity index is 1.48. The minimum absolute atomic E-state index is 0.0336. The average molecular weight is 694 g/mol. The van der Waals surface area contributed by atoms with Gasteiger partial charge in [-0.3, -0.25) is 14.6 Å². The van der Waals surface area contributed by atoms with E-state index in [1.165, 1.54) is 4.90 Å². The van der Waals surface area contributed by atoms with Crippen LogP contribution in [-0.2, 0) is 23.7 Å². The van der Waals surface area contributed by atoms with Crippen molar-refractivity contribution in [2.24, 2.45) is 5.73 Å². The largest absolute Gasteiger partial charge is 0.475 e. The molecule has 49 heavy (non-hydrogen) atoms. The van der Waals surface area contributed by atoms with Crippen LogP contribution in [0.5, 0.6) is 11.6 Å². The molecule has 2 aromatic heterocycles. The standard InChI is InChI=1S/C34H37F6N5O4/c1-2-5-28-32(49-25-10-8-22(9-11-25)33(35,36)37,15-4-17-45(28)30(46)26-21-42-16-12-27(26)34(38,39)40)31(47)44-18-13-24(14-19-44)48-29-7-3-6-23(20-41)43-29/h3,6-12,16,21,24,28H,2,4-5,13-15,17-20,41H2,1H3/t28-,32+/m1/s1. The van der Waals surface area contributed by atoms with Gasteiger partial charge in [-0.2, -0.15) is 26.3 Å². The minimum atomic E-state index is -4.85. The number of nitrogens with two attached hydrogens (primary N) is 1. The van der Waals surface area contributed by atoms with Gasteiger partial charge in [-0.1, -0.05) is 19.4 Å². The highest BCUT2D eigenvalue weighted by atomic mass is 19.4. The molecule has 2 fully saturated rings. The van der Waals surface area contributed by atoms with E-state index < -0.39 is 52.5 Å². The second-order valence-corrected chi connectivity index (χ2v) is 12.1. The Labute approximate surface area is 279 Å². The third-order valence-corrected chi connectivity index (χ3v) is 8.89. The maximum Gasteiger partial charge on any atom is 0.417 e. The van der Waals surface area contributed by atoms with E-state index in [2.05, 4.69) is 9.97 Å². The third kappa shape index (κ3) is 7.92. The number of benzene rings is 1. The first-order valence-corrected chi connectivity index (χ1v) is 16.1. The molecule has 3 aromatic rings. The van der Waals surface area contributed by atoms with Gasteiger partial charge in [0.1, 0.15) is 11.9 Å². The first kappa shape index (κ1) is 35.9. The number of carbonyl (C=O) groups is 2. The summed E-state index contributed by atoms with van der Waals surface area (Å²) >= 11 is 0. The second kappa shape index (κ2) is 14.6. The maximum atomic E-state index is 14.7. The van der Waals surface area contributed by atoms with Gasteiger partial charge in [0.2, 0.25) is 11.5 Å². The molecule has 5 rings (SSSR count). The van der Waals surface area contributed by atoms with E-state index in [0.717, 1.165) is 42.7 Å². The summed E-state index contributed by atoms with van der Waals surface area (Å²) in [6.07, 6.45) is -6.25. The Morgan fingerprint density at radius 3 is 2.33 bits per heavy atom. The molecule has 15 heteroatoms. The van der Waals surface area contributed by atoms with Crippen molar-refractivity contribution in [3.05, 3.63) is 83.3 Å². The number of halogens is 6. The molecular formula is C34H37F6N5O4. The number of carbonyl (C=O) groups excluding carboxylic acids is 2. The van der Waals surface area contributed by atoms with Gasteiger partial charge >= 0.3 is 12.4 Å². The summed E-state index contributed by atoms with van der Waals surface area (Å²) in [6.45, 7) is 2.53. The van der Waals surface area contributed by atoms with E-state index in [0.29, 0.717) is 30.8 Å². The lowest BCUT2D eigenvalue weighted by atomic mass is 9.79. The van der Waals surface area contributed by atoms with Crippen LogP contribution in [0.2, 0.25) is 0 Å². The van der Waals surface area contributed by atoms with E-state index in [1.807, 2.05) is 0 Å². The van der Waals surface area contributed by atoms with Crippen LogP contribution in [0.1, 0.15) is 72.6 Å². The number of aromatic nitrogens is 2. The lowest BCUT2D eigenvalue weighted by Crippen LogP contribution is -2.68. The number of amides is 2. The zero-order valence-corrected chi connectivity index (χ0v) is 26.8. The van der Waals surface area contributed by atoms with Gasteiger partial charge < -0.3 is 25.0 Å². The number of hydrogen-bond acceptors (Lipinski definition) is 7. The van der Waals surface area contributed by atoms with Crippen LogP contribution >= 0.6 is 0 Å². The number of rotatable bonds is 9. The number of pyridine rings is 2. The van der Waals surface area contributed by atoms with Crippen molar-refractivity contribution in [2.45, 2.75) is 82.1 Å². The highest BCUT2D eigenvalue weighted by Crippen LogP contribution is 2.41. The topological polar surface area (TPSA) is 111 Å². The van der Waals surface area contributed by atoms with E-state index in [-0.39, 0.29) is 57.3 Å². The molecule has 0 aliphatic carbocycles. The van der Waals surface area contributed by atoms with Crippen LogP contribution < -0.4 is 15.2 Å². The summed E-state index contributed by atoms with van der Waals surface area (Å²) in [5, 5.41) is 0. The molecule has 2 N–H and O–H groups in total. The third-order valence-electron chi connectivity index (χ3n) is 8.89. The number of ether oxygens (including phenoxy) is 2. The Hall–Kier alpha value is -4.40. The Morgan fingerprint density at radius 2 is 1.69 bits per heavy atom. The fourth-order valence-electron chi connectivity index (χ4n) is 6.54. The van der Waals surface area contributed by atoms with Crippen LogP contribution in [0.25, 0.3) is 0 Å². The quantitative estimate of drug-likeness (QED) is 0.263. The molecule has 2 aliphatic heterocycles. The van der Waals surface area contributed by atoms with Gasteiger partial charge in [0.25, 0.3) is 11.8 Å². The summed E-state index contributed by atoms with van der Waals surface area (Å²) in [7, 11) is 0. The van der Waals surface area contributed by atoms with Gasteiger partial charge in [0.15, 0.2) is 0 Å². The molecule has 9 nitrogen and oxygen atoms in total. The van der Waals surface area contributed by atoms with Crippen molar-refractivity contribution in [1.29, 1.82) is 0 Å². The van der Waals surface area contributed by atoms with E-state index in [1.54, 1.807) is 30.0 Å². The molecule has 264 valence electrons. The fourth-order valence-corrected chi connectivity index (χ4v) is 6.54. The van der Waals surface area contributed by atoms with Gasteiger partial charge in [-0.25, -0.2) is 4.98 Å². The molecule has 2 aliphatic rings. The number of hydrogen-bond donors (Lipinski definition) is 1. The van der Waals surface area contributed by atoms with E-state index >= 15 is 0 Å². The predicted molar refractivity (Wildman–Crippen MR) is 165 cm³/mol. The number of alkyl halides is 6. The smallest absolute Gasteiger partial charge is 0.417 e. The molecule has 2 amide bonds. The number of nitrogens with zero attached hydrogens (tertiary/aromatic N) is 4. The van der Waals surface area contributed by atoms with E-state index in [4.69, 9.17) is 15.2 Å². The molecule has 0 radical (unpaired) electrons. The first-order chi connectivity index (χ1) is 23.3. The summed E-state index contributed by atoms with van der Waals surface area (Å²) in [4.78, 5) is 39.6. The molecule has 0 saturated carbocycles. The van der Waals surface area contributed by atoms with Gasteiger partial charge in [0.05, 0.1) is 28.4 Å². The van der Waals surface area contributed by atoms with Crippen LogP contribution in [0.15, 0.2) is 60.9 Å². The van der Waals surface area contributed by atoms with Gasteiger partial charge in [0, 0.05) is 63.9 Å². The van der Waals surface area contributed by atoms with Gasteiger partial charge in [-0.15, -0.1) is 0 Å². The first-order valence-electron chi connectivity index (χ1n) is 16.1. The van der Waals surface area contributed by atoms with Crippen molar-refractivity contribution in [3.8, 4) is 11.6 Å². The summed E-state index contributed by atoms with van der Waals surface area (Å²) in [5.41, 5.74) is 1.78. The molecule has 4 heterocycles. The normalized spacial score (nSPS) is 20.6. The molecular weight excluding hydrogens is 656 g/mol. The Kier molecular flexibility index (Phi) is 10.7.